The standard InChI is InChI=1S/C56H108N4O5/c1-4-7-10-13-16-19-22-25-28-31-34-37-40-43-46-51(61)53-55(63,48-44-41-38-35-32-29-26-23-20-17-14-11-8-5-2)56(64,60(65-53)59-50-47-52(57)58-54(59)62)49-45-42-39-36-33-30-27-24-21-18-15-12-9-6-3/h47,50-51,53,61,63-64H,4-46,48-49H2,1-3H3,(H2,57,58,62)/t51?,53-,55-,56-/m1/s1. The topological polar surface area (TPSA) is 134 Å². The maximum Gasteiger partial charge on any atom is 0.370 e. The number of anilines is 1. The summed E-state index contributed by atoms with van der Waals surface area (Å²) in [4.78, 5) is 23.7. The molecule has 0 saturated carbocycles. The summed E-state index contributed by atoms with van der Waals surface area (Å²) in [6, 6.07) is 1.50. The van der Waals surface area contributed by atoms with Gasteiger partial charge in [0.2, 0.25) is 5.72 Å². The fourth-order valence-electron chi connectivity index (χ4n) is 10.3. The summed E-state index contributed by atoms with van der Waals surface area (Å²) in [5.74, 6) is 0.0769. The van der Waals surface area contributed by atoms with Crippen LogP contribution in [0.2, 0.25) is 0 Å². The Morgan fingerprint density at radius 3 is 1.17 bits per heavy atom. The van der Waals surface area contributed by atoms with E-state index in [-0.39, 0.29) is 18.7 Å². The zero-order chi connectivity index (χ0) is 47.1. The average Bonchev–Trinajstić information content (AvgIpc) is 3.52. The van der Waals surface area contributed by atoms with E-state index in [2.05, 4.69) is 25.8 Å². The van der Waals surface area contributed by atoms with Gasteiger partial charge in [-0.25, -0.2) is 9.63 Å². The highest BCUT2D eigenvalue weighted by Crippen LogP contribution is 2.46. The number of unbranched alkanes of at least 4 members (excludes halogenated alkanes) is 39. The summed E-state index contributed by atoms with van der Waals surface area (Å²) < 4.78 is 1.13. The van der Waals surface area contributed by atoms with Gasteiger partial charge < -0.3 is 21.1 Å². The van der Waals surface area contributed by atoms with Crippen molar-refractivity contribution in [3.8, 4) is 0 Å². The first-order valence-electron chi connectivity index (χ1n) is 28.7. The lowest BCUT2D eigenvalue weighted by Crippen LogP contribution is -2.65. The zero-order valence-corrected chi connectivity index (χ0v) is 43.2. The molecule has 1 unspecified atom stereocenters. The number of nitrogens with zero attached hydrogens (tertiary/aromatic N) is 3. The first kappa shape index (κ1) is 59.4. The molecule has 382 valence electrons. The number of hydrogen-bond donors (Lipinski definition) is 4. The van der Waals surface area contributed by atoms with Crippen molar-refractivity contribution in [1.82, 2.24) is 9.66 Å². The van der Waals surface area contributed by atoms with E-state index in [0.717, 1.165) is 61.2 Å². The molecule has 9 nitrogen and oxygen atoms in total. The van der Waals surface area contributed by atoms with Crippen molar-refractivity contribution in [3.05, 3.63) is 22.7 Å². The smallest absolute Gasteiger partial charge is 0.370 e. The van der Waals surface area contributed by atoms with Gasteiger partial charge in [-0.05, 0) is 25.3 Å². The fourth-order valence-corrected chi connectivity index (χ4v) is 10.3. The molecule has 2 heterocycles. The Balaban J connectivity index is 1.99. The molecule has 0 amide bonds. The van der Waals surface area contributed by atoms with Gasteiger partial charge in [0.1, 0.15) is 17.5 Å². The maximum atomic E-state index is 13.3. The van der Waals surface area contributed by atoms with E-state index in [4.69, 9.17) is 10.6 Å². The number of aromatic nitrogens is 2. The van der Waals surface area contributed by atoms with Crippen molar-refractivity contribution in [2.24, 2.45) is 0 Å². The molecular weight excluding hydrogens is 809 g/mol. The highest BCUT2D eigenvalue weighted by Gasteiger charge is 2.67. The van der Waals surface area contributed by atoms with Gasteiger partial charge >= 0.3 is 5.69 Å². The number of hydrogen-bond acceptors (Lipinski definition) is 8. The van der Waals surface area contributed by atoms with E-state index < -0.39 is 29.2 Å². The van der Waals surface area contributed by atoms with Gasteiger partial charge in [-0.1, -0.05) is 284 Å². The summed E-state index contributed by atoms with van der Waals surface area (Å²) in [5, 5.41) is 38.7. The van der Waals surface area contributed by atoms with E-state index in [1.807, 2.05) is 0 Å². The van der Waals surface area contributed by atoms with Crippen LogP contribution in [0, 0.1) is 0 Å². The van der Waals surface area contributed by atoms with Crippen molar-refractivity contribution >= 4 is 5.82 Å². The highest BCUT2D eigenvalue weighted by molar-refractivity contribution is 5.25. The van der Waals surface area contributed by atoms with Gasteiger partial charge in [-0.2, -0.15) is 9.66 Å². The minimum absolute atomic E-state index is 0.0769. The molecular formula is C56H108N4O5. The lowest BCUT2D eigenvalue weighted by Gasteiger charge is -2.42. The Morgan fingerprint density at radius 2 is 0.831 bits per heavy atom. The van der Waals surface area contributed by atoms with Crippen molar-refractivity contribution in [3.63, 3.8) is 0 Å². The number of nitrogen functional groups attached to an aromatic ring is 1. The van der Waals surface area contributed by atoms with Crippen LogP contribution in [0.3, 0.4) is 0 Å². The third-order valence-corrected chi connectivity index (χ3v) is 14.7. The van der Waals surface area contributed by atoms with Crippen LogP contribution in [0.5, 0.6) is 0 Å². The van der Waals surface area contributed by atoms with Crippen LogP contribution in [0.1, 0.15) is 310 Å². The molecule has 0 aromatic carbocycles. The normalized spacial score (nSPS) is 19.2. The first-order chi connectivity index (χ1) is 31.7. The maximum absolute atomic E-state index is 13.3. The molecule has 1 aliphatic heterocycles. The second-order valence-corrected chi connectivity index (χ2v) is 20.7. The summed E-state index contributed by atoms with van der Waals surface area (Å²) in [6.07, 6.45) is 52.1. The Morgan fingerprint density at radius 1 is 0.523 bits per heavy atom. The first-order valence-corrected chi connectivity index (χ1v) is 28.7. The largest absolute Gasteiger partial charge is 0.390 e. The van der Waals surface area contributed by atoms with E-state index in [0.29, 0.717) is 19.3 Å². The van der Waals surface area contributed by atoms with E-state index in [1.165, 1.54) is 218 Å². The number of aliphatic hydroxyl groups is 3. The number of aliphatic hydroxyl groups excluding tert-OH is 1. The molecule has 9 heteroatoms. The number of nitrogens with two attached hydrogens (primary N) is 1. The van der Waals surface area contributed by atoms with Gasteiger partial charge in [-0.3, -0.25) is 0 Å². The monoisotopic (exact) mass is 917 g/mol. The zero-order valence-electron chi connectivity index (χ0n) is 43.2. The van der Waals surface area contributed by atoms with Crippen molar-refractivity contribution in [2.45, 2.75) is 333 Å². The van der Waals surface area contributed by atoms with Gasteiger partial charge in [0.25, 0.3) is 0 Å². The van der Waals surface area contributed by atoms with Crippen LogP contribution in [0.4, 0.5) is 5.82 Å². The van der Waals surface area contributed by atoms with Gasteiger partial charge in [0, 0.05) is 12.6 Å². The lowest BCUT2D eigenvalue weighted by molar-refractivity contribution is -0.166. The molecule has 5 N–H and O–H groups in total. The van der Waals surface area contributed by atoms with Gasteiger partial charge in [0.05, 0.1) is 6.10 Å². The van der Waals surface area contributed by atoms with Crippen molar-refractivity contribution in [2.75, 3.05) is 10.9 Å². The Bertz CT molecular complexity index is 1280. The highest BCUT2D eigenvalue weighted by atomic mass is 16.8. The molecule has 1 saturated heterocycles. The summed E-state index contributed by atoms with van der Waals surface area (Å²) >= 11 is 0. The van der Waals surface area contributed by atoms with E-state index >= 15 is 0 Å². The molecule has 1 aliphatic rings. The Hall–Kier alpha value is -1.68. The minimum atomic E-state index is -1.94. The van der Waals surface area contributed by atoms with E-state index in [9.17, 15) is 20.1 Å². The van der Waals surface area contributed by atoms with Crippen LogP contribution >= 0.6 is 0 Å². The SMILES string of the molecule is CCCCCCCCCCCCCCCCC(O)[C@H]1ON(n2ccc(N)nc2=O)[C@@](O)(CCCCCCCCCCCCCCCC)[C@@]1(O)CCCCCCCCCCCCCCCC. The summed E-state index contributed by atoms with van der Waals surface area (Å²) in [5.41, 5.74) is 1.47. The summed E-state index contributed by atoms with van der Waals surface area (Å²) in [6.45, 7) is 6.82. The lowest BCUT2D eigenvalue weighted by atomic mass is 9.76. The third-order valence-electron chi connectivity index (χ3n) is 14.7. The molecule has 1 fully saturated rings. The minimum Gasteiger partial charge on any atom is -0.390 e. The fraction of sp³-hybridized carbons (Fsp3) is 0.929. The molecule has 0 bridgehead atoms. The Labute approximate surface area is 401 Å². The Kier molecular flexibility index (Phi) is 35.8. The van der Waals surface area contributed by atoms with Crippen LogP contribution < -0.4 is 16.6 Å². The average molecular weight is 918 g/mol. The second-order valence-electron chi connectivity index (χ2n) is 20.7. The van der Waals surface area contributed by atoms with Crippen LogP contribution in [0.15, 0.2) is 17.1 Å². The molecule has 1 aromatic rings. The molecule has 0 spiro atoms. The van der Waals surface area contributed by atoms with Crippen molar-refractivity contribution in [1.29, 1.82) is 0 Å². The second kappa shape index (κ2) is 39.2. The third kappa shape index (κ3) is 25.5. The molecule has 65 heavy (non-hydrogen) atoms. The molecule has 0 radical (unpaired) electrons. The van der Waals surface area contributed by atoms with Crippen molar-refractivity contribution < 1.29 is 20.2 Å². The van der Waals surface area contributed by atoms with Crippen LogP contribution in [0.25, 0.3) is 0 Å². The molecule has 0 aliphatic carbocycles. The predicted molar refractivity (Wildman–Crippen MR) is 277 cm³/mol. The van der Waals surface area contributed by atoms with Crippen LogP contribution in [-0.2, 0) is 4.84 Å². The molecule has 4 atom stereocenters. The molecule has 1 aromatic heterocycles. The summed E-state index contributed by atoms with van der Waals surface area (Å²) in [7, 11) is 0. The number of rotatable bonds is 47. The molecule has 2 rings (SSSR count). The quantitative estimate of drug-likeness (QED) is 0.0475. The van der Waals surface area contributed by atoms with Gasteiger partial charge in [0.15, 0.2) is 0 Å². The predicted octanol–water partition coefficient (Wildman–Crippen LogP) is 15.5. The van der Waals surface area contributed by atoms with E-state index in [1.54, 1.807) is 0 Å². The van der Waals surface area contributed by atoms with Crippen LogP contribution in [-0.4, -0.2) is 48.5 Å². The number of hydroxylamine groups is 1. The van der Waals surface area contributed by atoms with Gasteiger partial charge in [-0.15, -0.1) is 5.17 Å².